The molecule has 1 amide bonds. The van der Waals surface area contributed by atoms with Gasteiger partial charge in [-0.15, -0.1) is 0 Å². The zero-order valence-electron chi connectivity index (χ0n) is 14.8. The summed E-state index contributed by atoms with van der Waals surface area (Å²) in [6.45, 7) is 0.877. The van der Waals surface area contributed by atoms with Gasteiger partial charge in [0, 0.05) is 31.1 Å². The lowest BCUT2D eigenvalue weighted by Gasteiger charge is -2.23. The van der Waals surface area contributed by atoms with E-state index in [0.29, 0.717) is 30.3 Å². The molecule has 0 unspecified atom stereocenters. The van der Waals surface area contributed by atoms with E-state index in [1.54, 1.807) is 50.5 Å². The fourth-order valence-corrected chi connectivity index (χ4v) is 2.48. The first-order valence-electron chi connectivity index (χ1n) is 7.94. The topological polar surface area (TPSA) is 74.0 Å². The summed E-state index contributed by atoms with van der Waals surface area (Å²) in [7, 11) is 4.75. The Morgan fingerprint density at radius 3 is 2.28 bits per heavy atom. The number of ether oxygens (including phenoxy) is 3. The molecule has 0 saturated heterocycles. The fraction of sp³-hybridized carbons (Fsp3) is 0.316. The number of hydrogen-bond donors (Lipinski definition) is 1. The first-order chi connectivity index (χ1) is 12.1. The van der Waals surface area contributed by atoms with Crippen molar-refractivity contribution in [3.63, 3.8) is 0 Å². The number of nitrogens with two attached hydrogens (primary N) is 1. The minimum absolute atomic E-state index is 0.0333. The van der Waals surface area contributed by atoms with Crippen molar-refractivity contribution in [1.29, 1.82) is 0 Å². The third-order valence-corrected chi connectivity index (χ3v) is 3.83. The number of hydrogen-bond acceptors (Lipinski definition) is 5. The summed E-state index contributed by atoms with van der Waals surface area (Å²) in [5, 5.41) is 0. The Morgan fingerprint density at radius 1 is 1.00 bits per heavy atom. The number of amides is 1. The lowest BCUT2D eigenvalue weighted by Crippen LogP contribution is -2.35. The van der Waals surface area contributed by atoms with Gasteiger partial charge in [0.05, 0.1) is 27.2 Å². The predicted molar refractivity (Wildman–Crippen MR) is 98.3 cm³/mol. The van der Waals surface area contributed by atoms with Gasteiger partial charge in [0.15, 0.2) is 11.5 Å². The van der Waals surface area contributed by atoms with Crippen LogP contribution in [0.25, 0.3) is 0 Å². The van der Waals surface area contributed by atoms with Gasteiger partial charge >= 0.3 is 0 Å². The van der Waals surface area contributed by atoms with Crippen LogP contribution < -0.4 is 20.1 Å². The second kappa shape index (κ2) is 8.94. The van der Waals surface area contributed by atoms with E-state index >= 15 is 0 Å². The third-order valence-electron chi connectivity index (χ3n) is 3.83. The molecule has 2 aromatic rings. The molecule has 2 aromatic carbocycles. The molecular formula is C19H24N2O4. The number of benzene rings is 2. The van der Waals surface area contributed by atoms with E-state index in [9.17, 15) is 4.79 Å². The molecule has 0 atom stereocenters. The molecule has 6 nitrogen and oxygen atoms in total. The van der Waals surface area contributed by atoms with Crippen LogP contribution in [0.1, 0.15) is 5.56 Å². The lowest BCUT2D eigenvalue weighted by atomic mass is 10.1. The molecule has 6 heteroatoms. The minimum atomic E-state index is -0.0333. The summed E-state index contributed by atoms with van der Waals surface area (Å²) < 4.78 is 15.7. The zero-order chi connectivity index (χ0) is 18.2. The average molecular weight is 344 g/mol. The van der Waals surface area contributed by atoms with Crippen LogP contribution in [0.4, 0.5) is 11.4 Å². The van der Waals surface area contributed by atoms with Gasteiger partial charge in [-0.1, -0.05) is 12.1 Å². The summed E-state index contributed by atoms with van der Waals surface area (Å²) in [6.07, 6.45) is 0.276. The van der Waals surface area contributed by atoms with Gasteiger partial charge in [-0.2, -0.15) is 0 Å². The maximum atomic E-state index is 12.8. The van der Waals surface area contributed by atoms with Crippen LogP contribution in [0, 0.1) is 0 Å². The molecule has 0 heterocycles. The number of methoxy groups -OCH3 is 3. The first kappa shape index (κ1) is 18.6. The molecule has 0 aliphatic heterocycles. The molecule has 0 bridgehead atoms. The SMILES string of the molecule is COCCN(C(=O)Cc1ccc(N)cc1)c1ccc(OC)c(OC)c1. The molecule has 2 N–H and O–H groups in total. The van der Waals surface area contributed by atoms with E-state index in [2.05, 4.69) is 0 Å². The van der Waals surface area contributed by atoms with Crippen LogP contribution in [0.2, 0.25) is 0 Å². The molecule has 0 aliphatic rings. The number of carbonyl (C=O) groups is 1. The van der Waals surface area contributed by atoms with Gasteiger partial charge in [0.25, 0.3) is 0 Å². The Labute approximate surface area is 148 Å². The van der Waals surface area contributed by atoms with Crippen LogP contribution in [0.5, 0.6) is 11.5 Å². The van der Waals surface area contributed by atoms with Crippen molar-refractivity contribution < 1.29 is 19.0 Å². The van der Waals surface area contributed by atoms with E-state index in [0.717, 1.165) is 11.3 Å². The lowest BCUT2D eigenvalue weighted by molar-refractivity contribution is -0.118. The molecule has 134 valence electrons. The highest BCUT2D eigenvalue weighted by atomic mass is 16.5. The van der Waals surface area contributed by atoms with E-state index in [1.807, 2.05) is 18.2 Å². The Hall–Kier alpha value is -2.73. The second-order valence-corrected chi connectivity index (χ2v) is 5.50. The van der Waals surface area contributed by atoms with Crippen molar-refractivity contribution in [2.75, 3.05) is 45.1 Å². The van der Waals surface area contributed by atoms with Crippen molar-refractivity contribution in [3.8, 4) is 11.5 Å². The number of anilines is 2. The predicted octanol–water partition coefficient (Wildman–Crippen LogP) is 2.51. The molecule has 2 rings (SSSR count). The number of rotatable bonds is 8. The summed E-state index contributed by atoms with van der Waals surface area (Å²) in [4.78, 5) is 14.5. The number of nitrogens with zero attached hydrogens (tertiary/aromatic N) is 1. The molecule has 0 spiro atoms. The highest BCUT2D eigenvalue weighted by Crippen LogP contribution is 2.31. The Kier molecular flexibility index (Phi) is 6.65. The number of carbonyl (C=O) groups excluding carboxylic acids is 1. The normalized spacial score (nSPS) is 10.4. The van der Waals surface area contributed by atoms with Crippen molar-refractivity contribution in [3.05, 3.63) is 48.0 Å². The highest BCUT2D eigenvalue weighted by Gasteiger charge is 2.18. The van der Waals surface area contributed by atoms with E-state index in [1.165, 1.54) is 0 Å². The van der Waals surface area contributed by atoms with Gasteiger partial charge in [-0.25, -0.2) is 0 Å². The summed E-state index contributed by atoms with van der Waals surface area (Å²) in [6, 6.07) is 12.7. The fourth-order valence-electron chi connectivity index (χ4n) is 2.48. The zero-order valence-corrected chi connectivity index (χ0v) is 14.8. The van der Waals surface area contributed by atoms with Gasteiger partial charge in [-0.3, -0.25) is 4.79 Å². The number of nitrogen functional groups attached to an aromatic ring is 1. The average Bonchev–Trinajstić information content (AvgIpc) is 2.63. The van der Waals surface area contributed by atoms with Crippen LogP contribution in [0.3, 0.4) is 0 Å². The van der Waals surface area contributed by atoms with E-state index < -0.39 is 0 Å². The molecular weight excluding hydrogens is 320 g/mol. The standard InChI is InChI=1S/C19H24N2O4/c1-23-11-10-21(16-8-9-17(24-2)18(13-16)25-3)19(22)12-14-4-6-15(20)7-5-14/h4-9,13H,10-12,20H2,1-3H3. The monoisotopic (exact) mass is 344 g/mol. The van der Waals surface area contributed by atoms with E-state index in [-0.39, 0.29) is 12.3 Å². The molecule has 0 fully saturated rings. The minimum Gasteiger partial charge on any atom is -0.493 e. The van der Waals surface area contributed by atoms with E-state index in [4.69, 9.17) is 19.9 Å². The van der Waals surface area contributed by atoms with Crippen molar-refractivity contribution in [1.82, 2.24) is 0 Å². The molecule has 0 aromatic heterocycles. The first-order valence-corrected chi connectivity index (χ1v) is 7.94. The molecule has 0 radical (unpaired) electrons. The quantitative estimate of drug-likeness (QED) is 0.745. The van der Waals surface area contributed by atoms with Crippen molar-refractivity contribution in [2.45, 2.75) is 6.42 Å². The Balaban J connectivity index is 2.25. The van der Waals surface area contributed by atoms with Gasteiger partial charge in [0.1, 0.15) is 0 Å². The molecule has 0 saturated carbocycles. The van der Waals surface area contributed by atoms with Crippen LogP contribution in [-0.2, 0) is 16.0 Å². The maximum absolute atomic E-state index is 12.8. The maximum Gasteiger partial charge on any atom is 0.231 e. The Bertz CT molecular complexity index is 701. The highest BCUT2D eigenvalue weighted by molar-refractivity contribution is 5.95. The van der Waals surface area contributed by atoms with Crippen LogP contribution >= 0.6 is 0 Å². The second-order valence-electron chi connectivity index (χ2n) is 5.50. The van der Waals surface area contributed by atoms with Gasteiger partial charge in [0.2, 0.25) is 5.91 Å². The van der Waals surface area contributed by atoms with Crippen LogP contribution in [-0.4, -0.2) is 40.4 Å². The van der Waals surface area contributed by atoms with Crippen molar-refractivity contribution in [2.24, 2.45) is 0 Å². The molecule has 25 heavy (non-hydrogen) atoms. The van der Waals surface area contributed by atoms with Gasteiger partial charge < -0.3 is 24.8 Å². The van der Waals surface area contributed by atoms with Crippen LogP contribution in [0.15, 0.2) is 42.5 Å². The third kappa shape index (κ3) is 4.87. The summed E-state index contributed by atoms with van der Waals surface area (Å²) in [5.74, 6) is 1.15. The Morgan fingerprint density at radius 2 is 1.68 bits per heavy atom. The summed E-state index contributed by atoms with van der Waals surface area (Å²) >= 11 is 0. The smallest absolute Gasteiger partial charge is 0.231 e. The largest absolute Gasteiger partial charge is 0.493 e. The van der Waals surface area contributed by atoms with Gasteiger partial charge in [-0.05, 0) is 29.8 Å². The molecule has 0 aliphatic carbocycles. The van der Waals surface area contributed by atoms with Crippen molar-refractivity contribution >= 4 is 17.3 Å². The summed E-state index contributed by atoms with van der Waals surface area (Å²) in [5.41, 5.74) is 8.01.